The molecular formula is C32H37N3O. The highest BCUT2D eigenvalue weighted by molar-refractivity contribution is 5.81. The summed E-state index contributed by atoms with van der Waals surface area (Å²) < 4.78 is 2.47. The molecule has 0 saturated carbocycles. The van der Waals surface area contributed by atoms with Crippen LogP contribution in [0.2, 0.25) is 0 Å². The summed E-state index contributed by atoms with van der Waals surface area (Å²) in [6.07, 6.45) is 1.84. The maximum Gasteiger partial charge on any atom is 0.223 e. The molecule has 0 unspecified atom stereocenters. The molecule has 4 aromatic rings. The normalized spacial score (nSPS) is 15.7. The van der Waals surface area contributed by atoms with Gasteiger partial charge in [-0.3, -0.25) is 9.69 Å². The largest absolute Gasteiger partial charge is 0.355 e. The van der Waals surface area contributed by atoms with Crippen LogP contribution in [0.3, 0.4) is 0 Å². The number of aromatic nitrogens is 1. The third-order valence-corrected chi connectivity index (χ3v) is 7.78. The number of para-hydroxylation sites is 1. The first-order valence-corrected chi connectivity index (χ1v) is 13.2. The molecular weight excluding hydrogens is 442 g/mol. The first-order valence-electron chi connectivity index (χ1n) is 13.2. The van der Waals surface area contributed by atoms with Crippen LogP contribution in [0.4, 0.5) is 0 Å². The minimum Gasteiger partial charge on any atom is -0.355 e. The van der Waals surface area contributed by atoms with Crippen LogP contribution in [-0.4, -0.2) is 35.0 Å². The van der Waals surface area contributed by atoms with Gasteiger partial charge in [0.25, 0.3) is 0 Å². The predicted octanol–water partition coefficient (Wildman–Crippen LogP) is 6.13. The molecule has 1 saturated heterocycles. The minimum atomic E-state index is 0.113. The second kappa shape index (κ2) is 11.1. The summed E-state index contributed by atoms with van der Waals surface area (Å²) in [5.74, 6) is 0.651. The molecule has 4 nitrogen and oxygen atoms in total. The fourth-order valence-corrected chi connectivity index (χ4v) is 5.42. The first-order chi connectivity index (χ1) is 17.6. The highest BCUT2D eigenvalue weighted by Crippen LogP contribution is 2.26. The molecule has 1 fully saturated rings. The number of rotatable bonds is 8. The van der Waals surface area contributed by atoms with Gasteiger partial charge in [-0.25, -0.2) is 0 Å². The Morgan fingerprint density at radius 3 is 2.39 bits per heavy atom. The van der Waals surface area contributed by atoms with Gasteiger partial charge in [-0.15, -0.1) is 0 Å². The van der Waals surface area contributed by atoms with Crippen LogP contribution < -0.4 is 5.32 Å². The van der Waals surface area contributed by atoms with Crippen LogP contribution in [-0.2, 0) is 17.9 Å². The first kappa shape index (κ1) is 24.3. The van der Waals surface area contributed by atoms with Gasteiger partial charge in [0.1, 0.15) is 0 Å². The van der Waals surface area contributed by atoms with E-state index >= 15 is 0 Å². The molecule has 1 aliphatic heterocycles. The summed E-state index contributed by atoms with van der Waals surface area (Å²) in [4.78, 5) is 15.4. The predicted molar refractivity (Wildman–Crippen MR) is 148 cm³/mol. The summed E-state index contributed by atoms with van der Waals surface area (Å²) in [5, 5.41) is 4.51. The summed E-state index contributed by atoms with van der Waals surface area (Å²) in [7, 11) is 0. The average molecular weight is 480 g/mol. The standard InChI is InChI=1S/C32H37N3O/c1-24-10-6-7-14-29(24)22-35-30(20-28-13-8-9-15-31(28)35)23-34-18-16-27(17-19-34)32(36)33-21-25(2)26-11-4-3-5-12-26/h3-15,20,25,27H,16-19,21-23H2,1-2H3,(H,33,36)/t25-/m1/s1. The van der Waals surface area contributed by atoms with E-state index in [1.165, 1.54) is 33.3 Å². The molecule has 0 bridgehead atoms. The molecule has 1 N–H and O–H groups in total. The Bertz CT molecular complexity index is 1300. The van der Waals surface area contributed by atoms with E-state index < -0.39 is 0 Å². The van der Waals surface area contributed by atoms with E-state index in [9.17, 15) is 4.79 Å². The van der Waals surface area contributed by atoms with Crippen molar-refractivity contribution in [3.8, 4) is 0 Å². The maximum atomic E-state index is 12.9. The maximum absolute atomic E-state index is 12.9. The van der Waals surface area contributed by atoms with Crippen LogP contribution in [0.5, 0.6) is 0 Å². The van der Waals surface area contributed by atoms with Crippen LogP contribution in [0.1, 0.15) is 48.1 Å². The molecule has 1 aliphatic rings. The summed E-state index contributed by atoms with van der Waals surface area (Å²) in [6, 6.07) is 30.1. The number of likely N-dealkylation sites (tertiary alicyclic amines) is 1. The lowest BCUT2D eigenvalue weighted by Crippen LogP contribution is -2.41. The minimum absolute atomic E-state index is 0.113. The number of hydrogen-bond acceptors (Lipinski definition) is 2. The lowest BCUT2D eigenvalue weighted by Gasteiger charge is -2.31. The number of amides is 1. The SMILES string of the molecule is Cc1ccccc1Cn1c(CN2CCC(C(=O)NC[C@@H](C)c3ccccc3)CC2)cc2ccccc21. The van der Waals surface area contributed by atoms with Crippen molar-refractivity contribution >= 4 is 16.8 Å². The number of fused-ring (bicyclic) bond motifs is 1. The van der Waals surface area contributed by atoms with Gasteiger partial charge in [0.05, 0.1) is 0 Å². The third-order valence-electron chi connectivity index (χ3n) is 7.78. The molecule has 186 valence electrons. The van der Waals surface area contributed by atoms with Crippen LogP contribution in [0.15, 0.2) is 84.9 Å². The van der Waals surface area contributed by atoms with Gasteiger partial charge < -0.3 is 9.88 Å². The number of nitrogens with zero attached hydrogens (tertiary/aromatic N) is 2. The molecule has 2 heterocycles. The second-order valence-electron chi connectivity index (χ2n) is 10.3. The zero-order valence-corrected chi connectivity index (χ0v) is 21.5. The number of carbonyl (C=O) groups excluding carboxylic acids is 1. The lowest BCUT2D eigenvalue weighted by atomic mass is 9.95. The van der Waals surface area contributed by atoms with Gasteiger partial charge in [0.15, 0.2) is 0 Å². The molecule has 36 heavy (non-hydrogen) atoms. The Morgan fingerprint density at radius 2 is 1.61 bits per heavy atom. The van der Waals surface area contributed by atoms with Crippen molar-refractivity contribution in [1.29, 1.82) is 0 Å². The molecule has 5 rings (SSSR count). The summed E-state index contributed by atoms with van der Waals surface area (Å²) >= 11 is 0. The Labute approximate surface area is 214 Å². The van der Waals surface area contributed by atoms with E-state index in [0.717, 1.165) is 39.0 Å². The van der Waals surface area contributed by atoms with E-state index in [2.05, 4.69) is 107 Å². The Kier molecular flexibility index (Phi) is 7.52. The summed E-state index contributed by atoms with van der Waals surface area (Å²) in [6.45, 7) is 8.78. The smallest absolute Gasteiger partial charge is 0.223 e. The highest BCUT2D eigenvalue weighted by Gasteiger charge is 2.26. The van der Waals surface area contributed by atoms with Crippen molar-refractivity contribution in [3.05, 3.63) is 107 Å². The number of hydrogen-bond donors (Lipinski definition) is 1. The monoisotopic (exact) mass is 479 g/mol. The Balaban J connectivity index is 1.20. The molecule has 0 spiro atoms. The zero-order valence-electron chi connectivity index (χ0n) is 21.5. The highest BCUT2D eigenvalue weighted by atomic mass is 16.1. The average Bonchev–Trinajstić information content (AvgIpc) is 3.26. The van der Waals surface area contributed by atoms with Crippen molar-refractivity contribution in [2.45, 2.75) is 45.7 Å². The molecule has 3 aromatic carbocycles. The number of aryl methyl sites for hydroxylation is 1. The van der Waals surface area contributed by atoms with Gasteiger partial charge in [-0.1, -0.05) is 79.7 Å². The van der Waals surface area contributed by atoms with Gasteiger partial charge in [0, 0.05) is 36.8 Å². The Hall–Kier alpha value is -3.37. The van der Waals surface area contributed by atoms with Crippen molar-refractivity contribution in [1.82, 2.24) is 14.8 Å². The van der Waals surface area contributed by atoms with E-state index in [4.69, 9.17) is 0 Å². The van der Waals surface area contributed by atoms with Crippen molar-refractivity contribution in [2.75, 3.05) is 19.6 Å². The van der Waals surface area contributed by atoms with Crippen LogP contribution >= 0.6 is 0 Å². The van der Waals surface area contributed by atoms with E-state index in [0.29, 0.717) is 12.5 Å². The number of nitrogens with one attached hydrogen (secondary N) is 1. The van der Waals surface area contributed by atoms with Crippen LogP contribution in [0, 0.1) is 12.8 Å². The second-order valence-corrected chi connectivity index (χ2v) is 10.3. The van der Waals surface area contributed by atoms with Crippen molar-refractivity contribution in [2.24, 2.45) is 5.92 Å². The number of piperidine rings is 1. The molecule has 0 radical (unpaired) electrons. The molecule has 1 atom stereocenters. The lowest BCUT2D eigenvalue weighted by molar-refractivity contribution is -0.126. The van der Waals surface area contributed by atoms with E-state index in [1.807, 2.05) is 6.07 Å². The third kappa shape index (κ3) is 5.55. The van der Waals surface area contributed by atoms with E-state index in [-0.39, 0.29) is 11.8 Å². The quantitative estimate of drug-likeness (QED) is 0.330. The molecule has 1 aromatic heterocycles. The van der Waals surface area contributed by atoms with Gasteiger partial charge in [-0.05, 0) is 73.0 Å². The fourth-order valence-electron chi connectivity index (χ4n) is 5.42. The van der Waals surface area contributed by atoms with E-state index in [1.54, 1.807) is 0 Å². The van der Waals surface area contributed by atoms with Gasteiger partial charge in [-0.2, -0.15) is 0 Å². The fraction of sp³-hybridized carbons (Fsp3) is 0.344. The molecule has 1 amide bonds. The van der Waals surface area contributed by atoms with Crippen molar-refractivity contribution < 1.29 is 4.79 Å². The zero-order chi connectivity index (χ0) is 24.9. The number of carbonyl (C=O) groups is 1. The topological polar surface area (TPSA) is 37.3 Å². The number of benzene rings is 3. The molecule has 4 heteroatoms. The summed E-state index contributed by atoms with van der Waals surface area (Å²) in [5.41, 5.74) is 6.60. The molecule has 0 aliphatic carbocycles. The van der Waals surface area contributed by atoms with Crippen molar-refractivity contribution in [3.63, 3.8) is 0 Å². The Morgan fingerprint density at radius 1 is 0.917 bits per heavy atom. The van der Waals surface area contributed by atoms with Gasteiger partial charge >= 0.3 is 0 Å². The van der Waals surface area contributed by atoms with Gasteiger partial charge in [0.2, 0.25) is 5.91 Å². The van der Waals surface area contributed by atoms with Crippen LogP contribution in [0.25, 0.3) is 10.9 Å².